The number of carbonyl (C=O) groups excluding carboxylic acids is 2. The summed E-state index contributed by atoms with van der Waals surface area (Å²) in [6, 6.07) is 5.69. The third-order valence-corrected chi connectivity index (χ3v) is 3.04. The van der Waals surface area contributed by atoms with Gasteiger partial charge >= 0.3 is 5.97 Å². The van der Waals surface area contributed by atoms with E-state index in [9.17, 15) is 9.59 Å². The van der Waals surface area contributed by atoms with E-state index in [1.807, 2.05) is 18.2 Å². The summed E-state index contributed by atoms with van der Waals surface area (Å²) < 4.78 is 5.52. The molecule has 1 aromatic rings. The van der Waals surface area contributed by atoms with E-state index < -0.39 is 0 Å². The molecule has 0 aromatic heterocycles. The van der Waals surface area contributed by atoms with Gasteiger partial charge in [0.1, 0.15) is 6.29 Å². The lowest BCUT2D eigenvalue weighted by atomic mass is 10.0. The molecule has 0 radical (unpaired) electrons. The number of aldehydes is 1. The Bertz CT molecular complexity index is 388. The molecule has 0 aliphatic carbocycles. The van der Waals surface area contributed by atoms with Crippen LogP contribution in [0.3, 0.4) is 0 Å². The first-order chi connectivity index (χ1) is 7.69. The summed E-state index contributed by atoms with van der Waals surface area (Å²) >= 11 is 3.40. The number of halogens is 1. The summed E-state index contributed by atoms with van der Waals surface area (Å²) in [5, 5.41) is 0. The van der Waals surface area contributed by atoms with Gasteiger partial charge in [0.15, 0.2) is 0 Å². The summed E-state index contributed by atoms with van der Waals surface area (Å²) in [6.45, 7) is 0. The van der Waals surface area contributed by atoms with E-state index in [0.717, 1.165) is 21.9 Å². The zero-order valence-corrected chi connectivity index (χ0v) is 10.6. The molecule has 0 aliphatic heterocycles. The molecule has 16 heavy (non-hydrogen) atoms. The van der Waals surface area contributed by atoms with Crippen molar-refractivity contribution in [1.29, 1.82) is 0 Å². The van der Waals surface area contributed by atoms with Crippen molar-refractivity contribution in [3.63, 3.8) is 0 Å². The van der Waals surface area contributed by atoms with Gasteiger partial charge in [0, 0.05) is 10.9 Å². The summed E-state index contributed by atoms with van der Waals surface area (Å²) in [6.07, 6.45) is 2.22. The Morgan fingerprint density at radius 1 is 1.50 bits per heavy atom. The number of benzene rings is 1. The van der Waals surface area contributed by atoms with Crippen LogP contribution < -0.4 is 0 Å². The van der Waals surface area contributed by atoms with Crippen molar-refractivity contribution in [2.75, 3.05) is 7.11 Å². The monoisotopic (exact) mass is 284 g/mol. The highest BCUT2D eigenvalue weighted by Crippen LogP contribution is 2.22. The lowest BCUT2D eigenvalue weighted by Gasteiger charge is -2.09. The van der Waals surface area contributed by atoms with E-state index in [-0.39, 0.29) is 12.4 Å². The van der Waals surface area contributed by atoms with Gasteiger partial charge in [-0.25, -0.2) is 0 Å². The van der Waals surface area contributed by atoms with Crippen LogP contribution in [-0.2, 0) is 27.2 Å². The van der Waals surface area contributed by atoms with Crippen molar-refractivity contribution < 1.29 is 14.3 Å². The first-order valence-electron chi connectivity index (χ1n) is 4.95. The molecular formula is C12H13BrO3. The number of carbonyl (C=O) groups is 2. The van der Waals surface area contributed by atoms with Crippen molar-refractivity contribution in [3.8, 4) is 0 Å². The Kier molecular flexibility index (Phi) is 5.19. The Balaban J connectivity index is 2.93. The van der Waals surface area contributed by atoms with Crippen molar-refractivity contribution in [2.24, 2.45) is 0 Å². The van der Waals surface area contributed by atoms with Crippen LogP contribution in [0.2, 0.25) is 0 Å². The molecule has 0 spiro atoms. The van der Waals surface area contributed by atoms with Crippen LogP contribution in [0.1, 0.15) is 17.5 Å². The van der Waals surface area contributed by atoms with Crippen LogP contribution >= 0.6 is 15.9 Å². The Morgan fingerprint density at radius 3 is 2.88 bits per heavy atom. The van der Waals surface area contributed by atoms with Crippen LogP contribution in [0, 0.1) is 0 Å². The first-order valence-corrected chi connectivity index (χ1v) is 5.75. The second kappa shape index (κ2) is 6.43. The maximum absolute atomic E-state index is 11.2. The number of aryl methyl sites for hydroxylation is 1. The lowest BCUT2D eigenvalue weighted by molar-refractivity contribution is -0.139. The molecular weight excluding hydrogens is 272 g/mol. The largest absolute Gasteiger partial charge is 0.469 e. The Hall–Kier alpha value is -1.16. The lowest BCUT2D eigenvalue weighted by Crippen LogP contribution is -2.07. The van der Waals surface area contributed by atoms with Gasteiger partial charge in [0.25, 0.3) is 0 Å². The molecule has 0 aliphatic rings. The van der Waals surface area contributed by atoms with Gasteiger partial charge in [-0.3, -0.25) is 4.79 Å². The minimum absolute atomic E-state index is 0.228. The van der Waals surface area contributed by atoms with Gasteiger partial charge < -0.3 is 9.53 Å². The van der Waals surface area contributed by atoms with Gasteiger partial charge in [-0.1, -0.05) is 28.1 Å². The molecule has 1 rings (SSSR count). The normalized spacial score (nSPS) is 9.88. The fraction of sp³-hybridized carbons (Fsp3) is 0.333. The second-order valence-electron chi connectivity index (χ2n) is 3.34. The molecule has 0 amide bonds. The molecule has 0 atom stereocenters. The third-order valence-electron chi connectivity index (χ3n) is 2.30. The second-order valence-corrected chi connectivity index (χ2v) is 4.19. The topological polar surface area (TPSA) is 43.4 Å². The minimum atomic E-state index is -0.278. The van der Waals surface area contributed by atoms with Crippen LogP contribution in [0.5, 0.6) is 0 Å². The van der Waals surface area contributed by atoms with Crippen molar-refractivity contribution >= 4 is 28.2 Å². The summed E-state index contributed by atoms with van der Waals surface area (Å²) in [5.74, 6) is -0.278. The molecule has 3 nitrogen and oxygen atoms in total. The maximum Gasteiger partial charge on any atom is 0.310 e. The summed E-state index contributed by atoms with van der Waals surface area (Å²) in [5.41, 5.74) is 1.91. The van der Waals surface area contributed by atoms with Crippen LogP contribution in [0.25, 0.3) is 0 Å². The summed E-state index contributed by atoms with van der Waals surface area (Å²) in [4.78, 5) is 21.6. The SMILES string of the molecule is COC(=O)Cc1c(Br)cccc1CCC=O. The average molecular weight is 285 g/mol. The minimum Gasteiger partial charge on any atom is -0.469 e. The molecule has 0 bridgehead atoms. The van der Waals surface area contributed by atoms with Crippen molar-refractivity contribution in [2.45, 2.75) is 19.3 Å². The van der Waals surface area contributed by atoms with Crippen LogP contribution in [0.15, 0.2) is 22.7 Å². The number of methoxy groups -OCH3 is 1. The molecule has 4 heteroatoms. The van der Waals surface area contributed by atoms with E-state index >= 15 is 0 Å². The zero-order valence-electron chi connectivity index (χ0n) is 9.03. The molecule has 0 unspecified atom stereocenters. The van der Waals surface area contributed by atoms with Gasteiger partial charge in [0.2, 0.25) is 0 Å². The highest BCUT2D eigenvalue weighted by Gasteiger charge is 2.11. The zero-order chi connectivity index (χ0) is 12.0. The molecule has 0 saturated carbocycles. The van der Waals surface area contributed by atoms with E-state index in [1.165, 1.54) is 7.11 Å². The van der Waals surface area contributed by atoms with Gasteiger partial charge in [-0.15, -0.1) is 0 Å². The van der Waals surface area contributed by atoms with E-state index in [0.29, 0.717) is 12.8 Å². The predicted octanol–water partition coefficient (Wildman–Crippen LogP) is 2.30. The van der Waals surface area contributed by atoms with E-state index in [1.54, 1.807) is 0 Å². The number of esters is 1. The van der Waals surface area contributed by atoms with Crippen molar-refractivity contribution in [3.05, 3.63) is 33.8 Å². The van der Waals surface area contributed by atoms with Crippen LogP contribution in [0.4, 0.5) is 0 Å². The Labute approximate surface area is 103 Å². The highest BCUT2D eigenvalue weighted by molar-refractivity contribution is 9.10. The molecule has 0 fully saturated rings. The first kappa shape index (κ1) is 12.9. The summed E-state index contributed by atoms with van der Waals surface area (Å²) in [7, 11) is 1.37. The molecule has 1 aromatic carbocycles. The smallest absolute Gasteiger partial charge is 0.310 e. The molecule has 86 valence electrons. The third kappa shape index (κ3) is 3.45. The molecule has 0 saturated heterocycles. The number of rotatable bonds is 5. The average Bonchev–Trinajstić information content (AvgIpc) is 2.29. The van der Waals surface area contributed by atoms with E-state index in [4.69, 9.17) is 0 Å². The number of hydrogen-bond donors (Lipinski definition) is 0. The fourth-order valence-electron chi connectivity index (χ4n) is 1.47. The van der Waals surface area contributed by atoms with Crippen LogP contribution in [-0.4, -0.2) is 19.4 Å². The number of hydrogen-bond acceptors (Lipinski definition) is 3. The molecule has 0 N–H and O–H groups in total. The van der Waals surface area contributed by atoms with Gasteiger partial charge in [-0.2, -0.15) is 0 Å². The fourth-order valence-corrected chi connectivity index (χ4v) is 2.01. The maximum atomic E-state index is 11.2. The predicted molar refractivity (Wildman–Crippen MR) is 64.2 cm³/mol. The Morgan fingerprint density at radius 2 is 2.25 bits per heavy atom. The highest BCUT2D eigenvalue weighted by atomic mass is 79.9. The number of ether oxygens (including phenoxy) is 1. The molecule has 0 heterocycles. The standard InChI is InChI=1S/C12H13BrO3/c1-16-12(15)8-10-9(5-3-7-14)4-2-6-11(10)13/h2,4,6-7H,3,5,8H2,1H3. The van der Waals surface area contributed by atoms with Crippen molar-refractivity contribution in [1.82, 2.24) is 0 Å². The van der Waals surface area contributed by atoms with Gasteiger partial charge in [0.05, 0.1) is 13.5 Å². The van der Waals surface area contributed by atoms with Gasteiger partial charge in [-0.05, 0) is 23.6 Å². The quantitative estimate of drug-likeness (QED) is 0.616. The van der Waals surface area contributed by atoms with E-state index in [2.05, 4.69) is 20.7 Å².